The molecule has 0 saturated heterocycles. The minimum atomic E-state index is -0.306. The molecule has 2 N–H and O–H groups in total. The molecule has 0 fully saturated rings. The third-order valence-corrected chi connectivity index (χ3v) is 4.69. The van der Waals surface area contributed by atoms with Gasteiger partial charge >= 0.3 is 0 Å². The first-order valence-electron chi connectivity index (χ1n) is 9.26. The van der Waals surface area contributed by atoms with Crippen LogP contribution in [0.1, 0.15) is 15.9 Å². The zero-order valence-electron chi connectivity index (χ0n) is 16.4. The highest BCUT2D eigenvalue weighted by Crippen LogP contribution is 2.26. The van der Waals surface area contributed by atoms with Crippen molar-refractivity contribution in [3.8, 4) is 17.2 Å². The zero-order chi connectivity index (χ0) is 21.1. The lowest BCUT2D eigenvalue weighted by Crippen LogP contribution is -2.34. The maximum absolute atomic E-state index is 12.3. The molecule has 0 radical (unpaired) electrons. The Morgan fingerprint density at radius 2 is 1.87 bits per heavy atom. The first-order chi connectivity index (χ1) is 14.5. The summed E-state index contributed by atoms with van der Waals surface area (Å²) < 4.78 is 11.0. The van der Waals surface area contributed by atoms with Crippen LogP contribution in [-0.4, -0.2) is 23.1 Å². The zero-order valence-corrected chi connectivity index (χ0v) is 17.2. The average molecular weight is 417 g/mol. The normalized spacial score (nSPS) is 10.6. The van der Waals surface area contributed by atoms with Gasteiger partial charge in [0.2, 0.25) is 5.89 Å². The molecule has 6 nitrogen and oxygen atoms in total. The van der Waals surface area contributed by atoms with E-state index in [2.05, 4.69) is 15.6 Å². The third-order valence-electron chi connectivity index (χ3n) is 4.49. The second kappa shape index (κ2) is 8.34. The molecule has 0 bridgehead atoms. The van der Waals surface area contributed by atoms with Gasteiger partial charge in [0.1, 0.15) is 11.3 Å². The van der Waals surface area contributed by atoms with Gasteiger partial charge in [0.15, 0.2) is 10.7 Å². The summed E-state index contributed by atoms with van der Waals surface area (Å²) in [6.07, 6.45) is 0. The van der Waals surface area contributed by atoms with Gasteiger partial charge in [-0.15, -0.1) is 0 Å². The molecule has 0 spiro atoms. The number of methoxy groups -OCH3 is 1. The fourth-order valence-electron chi connectivity index (χ4n) is 2.99. The Kier molecular flexibility index (Phi) is 5.45. The van der Waals surface area contributed by atoms with Crippen LogP contribution in [-0.2, 0) is 0 Å². The van der Waals surface area contributed by atoms with Crippen LogP contribution in [0, 0.1) is 6.92 Å². The summed E-state index contributed by atoms with van der Waals surface area (Å²) in [5.41, 5.74) is 4.60. The molecule has 3 aromatic carbocycles. The molecule has 0 aliphatic rings. The van der Waals surface area contributed by atoms with E-state index in [0.717, 1.165) is 11.1 Å². The Morgan fingerprint density at radius 1 is 1.07 bits per heavy atom. The number of benzene rings is 3. The number of nitrogens with one attached hydrogen (secondary N) is 2. The van der Waals surface area contributed by atoms with Crippen LogP contribution in [0.15, 0.2) is 71.1 Å². The van der Waals surface area contributed by atoms with Crippen molar-refractivity contribution >= 4 is 40.0 Å². The molecule has 1 aromatic heterocycles. The number of amides is 1. The number of fused-ring (bicyclic) bond motifs is 1. The number of thiocarbonyl (C=S) groups is 1. The molecule has 0 saturated carbocycles. The van der Waals surface area contributed by atoms with Gasteiger partial charge in [-0.2, -0.15) is 0 Å². The van der Waals surface area contributed by atoms with Crippen molar-refractivity contribution in [2.75, 3.05) is 12.4 Å². The van der Waals surface area contributed by atoms with Crippen LogP contribution in [0.4, 0.5) is 5.69 Å². The molecule has 0 unspecified atom stereocenters. The molecule has 0 aliphatic carbocycles. The van der Waals surface area contributed by atoms with Crippen LogP contribution >= 0.6 is 12.2 Å². The molecule has 0 atom stereocenters. The van der Waals surface area contributed by atoms with Crippen molar-refractivity contribution in [2.24, 2.45) is 0 Å². The van der Waals surface area contributed by atoms with Gasteiger partial charge in [0.05, 0.1) is 7.11 Å². The highest BCUT2D eigenvalue weighted by atomic mass is 32.1. The topological polar surface area (TPSA) is 76.4 Å². The Labute approximate surface area is 178 Å². The van der Waals surface area contributed by atoms with Crippen molar-refractivity contribution < 1.29 is 13.9 Å². The quantitative estimate of drug-likeness (QED) is 0.458. The van der Waals surface area contributed by atoms with Crippen molar-refractivity contribution in [3.63, 3.8) is 0 Å². The van der Waals surface area contributed by atoms with Gasteiger partial charge in [-0.05, 0) is 73.7 Å². The van der Waals surface area contributed by atoms with Gasteiger partial charge in [-0.25, -0.2) is 4.98 Å². The highest BCUT2D eigenvalue weighted by Gasteiger charge is 2.11. The maximum Gasteiger partial charge on any atom is 0.257 e. The molecule has 4 aromatic rings. The van der Waals surface area contributed by atoms with E-state index in [1.54, 1.807) is 31.4 Å². The van der Waals surface area contributed by atoms with E-state index >= 15 is 0 Å². The highest BCUT2D eigenvalue weighted by molar-refractivity contribution is 7.80. The number of nitrogens with zero attached hydrogens (tertiary/aromatic N) is 1. The Hall–Kier alpha value is -3.71. The summed E-state index contributed by atoms with van der Waals surface area (Å²) in [4.78, 5) is 16.9. The minimum absolute atomic E-state index is 0.192. The second-order valence-electron chi connectivity index (χ2n) is 6.71. The van der Waals surface area contributed by atoms with Gasteiger partial charge in [-0.3, -0.25) is 10.1 Å². The molecule has 150 valence electrons. The van der Waals surface area contributed by atoms with E-state index < -0.39 is 0 Å². The average Bonchev–Trinajstić information content (AvgIpc) is 3.17. The number of rotatable bonds is 4. The lowest BCUT2D eigenvalue weighted by Gasteiger charge is -2.09. The number of aromatic nitrogens is 1. The summed E-state index contributed by atoms with van der Waals surface area (Å²) in [5, 5.41) is 5.87. The van der Waals surface area contributed by atoms with Gasteiger partial charge in [0, 0.05) is 16.8 Å². The van der Waals surface area contributed by atoms with E-state index in [1.165, 1.54) is 0 Å². The molecular formula is C23H19N3O3S. The molecule has 4 rings (SSSR count). The third kappa shape index (κ3) is 4.31. The number of hydrogen-bond acceptors (Lipinski definition) is 5. The van der Waals surface area contributed by atoms with Gasteiger partial charge in [-0.1, -0.05) is 17.7 Å². The summed E-state index contributed by atoms with van der Waals surface area (Å²) in [5.74, 6) is 0.929. The Bertz CT molecular complexity index is 1230. The number of ether oxygens (including phenoxy) is 1. The lowest BCUT2D eigenvalue weighted by molar-refractivity contribution is 0.0977. The van der Waals surface area contributed by atoms with E-state index in [-0.39, 0.29) is 11.0 Å². The fraction of sp³-hybridized carbons (Fsp3) is 0.0870. The molecule has 1 heterocycles. The van der Waals surface area contributed by atoms with Gasteiger partial charge in [0.25, 0.3) is 5.91 Å². The number of oxazole rings is 1. The predicted octanol–water partition coefficient (Wildman–Crippen LogP) is 4.94. The number of anilines is 1. The summed E-state index contributed by atoms with van der Waals surface area (Å²) in [6.45, 7) is 2.02. The number of carbonyl (C=O) groups is 1. The predicted molar refractivity (Wildman–Crippen MR) is 121 cm³/mol. The lowest BCUT2D eigenvalue weighted by atomic mass is 10.1. The Morgan fingerprint density at radius 3 is 2.60 bits per heavy atom. The standard InChI is InChI=1S/C23H19N3O3S/c1-14-4-3-5-16(12-14)22-25-19-13-17(8-11-20(19)29-22)24-23(30)26-21(27)15-6-9-18(28-2)10-7-15/h3-13H,1-2H3,(H2,24,26,27,30). The van der Waals surface area contributed by atoms with Gasteiger partial charge < -0.3 is 14.5 Å². The Balaban J connectivity index is 1.46. The van der Waals surface area contributed by atoms with E-state index in [4.69, 9.17) is 21.4 Å². The SMILES string of the molecule is COc1ccc(C(=O)NC(=S)Nc2ccc3oc(-c4cccc(C)c4)nc3c2)cc1. The monoisotopic (exact) mass is 417 g/mol. The van der Waals surface area contributed by atoms with E-state index in [0.29, 0.717) is 34.0 Å². The van der Waals surface area contributed by atoms with E-state index in [9.17, 15) is 4.79 Å². The molecule has 1 amide bonds. The van der Waals surface area contributed by atoms with Crippen LogP contribution in [0.5, 0.6) is 5.75 Å². The maximum atomic E-state index is 12.3. The summed E-state index contributed by atoms with van der Waals surface area (Å²) >= 11 is 5.27. The fourth-order valence-corrected chi connectivity index (χ4v) is 3.20. The molecule has 0 aliphatic heterocycles. The first-order valence-corrected chi connectivity index (χ1v) is 9.67. The summed E-state index contributed by atoms with van der Waals surface area (Å²) in [7, 11) is 1.57. The molecular weight excluding hydrogens is 398 g/mol. The van der Waals surface area contributed by atoms with Crippen molar-refractivity contribution in [2.45, 2.75) is 6.92 Å². The molecule has 30 heavy (non-hydrogen) atoms. The second-order valence-corrected chi connectivity index (χ2v) is 7.12. The van der Waals surface area contributed by atoms with Crippen molar-refractivity contribution in [1.82, 2.24) is 10.3 Å². The first kappa shape index (κ1) is 19.6. The summed E-state index contributed by atoms with van der Waals surface area (Å²) in [6, 6.07) is 20.2. The van der Waals surface area contributed by atoms with Crippen LogP contribution in [0.2, 0.25) is 0 Å². The van der Waals surface area contributed by atoms with Crippen molar-refractivity contribution in [1.29, 1.82) is 0 Å². The minimum Gasteiger partial charge on any atom is -0.497 e. The largest absolute Gasteiger partial charge is 0.497 e. The number of hydrogen-bond donors (Lipinski definition) is 2. The van der Waals surface area contributed by atoms with E-state index in [1.807, 2.05) is 49.4 Å². The van der Waals surface area contributed by atoms with Crippen LogP contribution in [0.3, 0.4) is 0 Å². The van der Waals surface area contributed by atoms with Crippen molar-refractivity contribution in [3.05, 3.63) is 77.9 Å². The number of aryl methyl sites for hydroxylation is 1. The van der Waals surface area contributed by atoms with Crippen LogP contribution in [0.25, 0.3) is 22.6 Å². The van der Waals surface area contributed by atoms with Crippen LogP contribution < -0.4 is 15.4 Å². The molecule has 7 heteroatoms. The smallest absolute Gasteiger partial charge is 0.257 e. The number of carbonyl (C=O) groups excluding carboxylic acids is 1.